The van der Waals surface area contributed by atoms with E-state index in [1.807, 2.05) is 66.0 Å². The van der Waals surface area contributed by atoms with Crippen LogP contribution in [0.2, 0.25) is 0 Å². The maximum absolute atomic E-state index is 14.1. The molecule has 1 aromatic heterocycles. The van der Waals surface area contributed by atoms with Gasteiger partial charge in [0, 0.05) is 29.9 Å². The Morgan fingerprint density at radius 1 is 1.05 bits per heavy atom. The van der Waals surface area contributed by atoms with Gasteiger partial charge in [-0.2, -0.15) is 0 Å². The number of benzene rings is 2. The molecule has 2 amide bonds. The molecule has 0 N–H and O–H groups in total. The maximum Gasteiger partial charge on any atom is 0.332 e. The normalized spacial score (nSPS) is 16.8. The molecule has 0 bridgehead atoms. The van der Waals surface area contributed by atoms with Gasteiger partial charge in [0.1, 0.15) is 12.4 Å². The first kappa shape index (κ1) is 28.7. The lowest BCUT2D eigenvalue weighted by atomic mass is 10.1. The molecule has 1 aliphatic rings. The molecule has 0 radical (unpaired) electrons. The molecule has 0 spiro atoms. The summed E-state index contributed by atoms with van der Waals surface area (Å²) in [7, 11) is 3.34. The van der Waals surface area contributed by atoms with Crippen molar-refractivity contribution in [1.82, 2.24) is 4.90 Å². The Balaban J connectivity index is 1.61. The van der Waals surface area contributed by atoms with E-state index < -0.39 is 17.3 Å². The summed E-state index contributed by atoms with van der Waals surface area (Å²) in [6.07, 6.45) is -0.647. The standard InChI is InChI=1S/C29H32N2O6S2/c1-4-36-26(33)19-37-27-28(20-11-13-21(35-3)14-12-20)39-24-10-6-5-9-23(24)31(29(27)34)16-15-30(2)25(32)18-22-8-7-17-38-22/h5-14,17,27-28H,4,15-16,18-19H2,1-3H3/t27-,28+/m1/s1. The van der Waals surface area contributed by atoms with E-state index in [1.165, 1.54) is 11.8 Å². The fraction of sp³-hybridized carbons (Fsp3) is 0.345. The zero-order valence-corrected chi connectivity index (χ0v) is 23.8. The number of methoxy groups -OCH3 is 1. The highest BCUT2D eigenvalue weighted by atomic mass is 32.2. The van der Waals surface area contributed by atoms with Crippen molar-refractivity contribution in [2.45, 2.75) is 29.6 Å². The second-order valence-corrected chi connectivity index (χ2v) is 11.1. The Kier molecular flexibility index (Phi) is 10.0. The van der Waals surface area contributed by atoms with Gasteiger partial charge in [0.2, 0.25) is 5.91 Å². The van der Waals surface area contributed by atoms with E-state index in [0.717, 1.165) is 21.0 Å². The summed E-state index contributed by atoms with van der Waals surface area (Å²) in [6, 6.07) is 19.0. The summed E-state index contributed by atoms with van der Waals surface area (Å²) in [5, 5.41) is 1.52. The van der Waals surface area contributed by atoms with Crippen LogP contribution in [0.3, 0.4) is 0 Å². The highest BCUT2D eigenvalue weighted by Gasteiger charge is 2.40. The van der Waals surface area contributed by atoms with Gasteiger partial charge in [-0.05, 0) is 48.2 Å². The quantitative estimate of drug-likeness (QED) is 0.313. The van der Waals surface area contributed by atoms with Crippen LogP contribution in [-0.4, -0.2) is 69.2 Å². The first-order valence-corrected chi connectivity index (χ1v) is 14.4. The van der Waals surface area contributed by atoms with Crippen molar-refractivity contribution in [3.8, 4) is 5.75 Å². The second-order valence-electron chi connectivity index (χ2n) is 8.88. The van der Waals surface area contributed by atoms with Crippen LogP contribution < -0.4 is 9.64 Å². The number of esters is 1. The van der Waals surface area contributed by atoms with Crippen molar-refractivity contribution in [2.75, 3.05) is 45.4 Å². The van der Waals surface area contributed by atoms with Crippen LogP contribution >= 0.6 is 23.1 Å². The number of hydrogen-bond donors (Lipinski definition) is 0. The predicted molar refractivity (Wildman–Crippen MR) is 152 cm³/mol. The third kappa shape index (κ3) is 7.20. The average molecular weight is 569 g/mol. The molecule has 0 fully saturated rings. The summed E-state index contributed by atoms with van der Waals surface area (Å²) >= 11 is 3.05. The van der Waals surface area contributed by atoms with Gasteiger partial charge in [0.05, 0.1) is 31.1 Å². The summed E-state index contributed by atoms with van der Waals surface area (Å²) in [5.41, 5.74) is 1.61. The molecule has 0 aliphatic carbocycles. The lowest BCUT2D eigenvalue weighted by Gasteiger charge is -2.29. The van der Waals surface area contributed by atoms with Gasteiger partial charge in [-0.25, -0.2) is 4.79 Å². The first-order valence-electron chi connectivity index (χ1n) is 12.7. The molecule has 39 heavy (non-hydrogen) atoms. The zero-order valence-electron chi connectivity index (χ0n) is 22.2. The van der Waals surface area contributed by atoms with Crippen LogP contribution in [0.4, 0.5) is 5.69 Å². The molecule has 206 valence electrons. The van der Waals surface area contributed by atoms with E-state index in [4.69, 9.17) is 14.2 Å². The molecular weight excluding hydrogens is 536 g/mol. The Morgan fingerprint density at radius 3 is 2.51 bits per heavy atom. The van der Waals surface area contributed by atoms with Gasteiger partial charge >= 0.3 is 5.97 Å². The minimum absolute atomic E-state index is 0.0198. The van der Waals surface area contributed by atoms with Gasteiger partial charge in [-0.15, -0.1) is 23.1 Å². The van der Waals surface area contributed by atoms with Crippen LogP contribution in [0, 0.1) is 0 Å². The van der Waals surface area contributed by atoms with E-state index in [0.29, 0.717) is 18.7 Å². The molecule has 4 rings (SSSR count). The number of rotatable bonds is 11. The highest BCUT2D eigenvalue weighted by Crippen LogP contribution is 2.46. The van der Waals surface area contributed by atoms with Gasteiger partial charge in [0.15, 0.2) is 6.10 Å². The number of nitrogens with zero attached hydrogens (tertiary/aromatic N) is 2. The number of ether oxygens (including phenoxy) is 3. The van der Waals surface area contributed by atoms with Crippen molar-refractivity contribution < 1.29 is 28.6 Å². The molecule has 0 saturated heterocycles. The number of carbonyl (C=O) groups is 3. The van der Waals surface area contributed by atoms with Gasteiger partial charge < -0.3 is 24.0 Å². The lowest BCUT2D eigenvalue weighted by Crippen LogP contribution is -2.46. The van der Waals surface area contributed by atoms with Crippen LogP contribution in [0.15, 0.2) is 70.9 Å². The number of likely N-dealkylation sites (N-methyl/N-ethyl adjacent to an activating group) is 1. The monoisotopic (exact) mass is 568 g/mol. The summed E-state index contributed by atoms with van der Waals surface area (Å²) in [4.78, 5) is 44.3. The average Bonchev–Trinajstić information content (AvgIpc) is 3.42. The number of amides is 2. The number of thiophene rings is 1. The van der Waals surface area contributed by atoms with Gasteiger partial charge in [-0.3, -0.25) is 9.59 Å². The lowest BCUT2D eigenvalue weighted by molar-refractivity contribution is -0.152. The molecule has 2 aromatic carbocycles. The van der Waals surface area contributed by atoms with Gasteiger partial charge in [0.25, 0.3) is 5.91 Å². The molecule has 0 unspecified atom stereocenters. The van der Waals surface area contributed by atoms with Crippen LogP contribution in [0.25, 0.3) is 0 Å². The third-order valence-corrected chi connectivity index (χ3v) is 8.56. The Bertz CT molecular complexity index is 1270. The fourth-order valence-electron chi connectivity index (χ4n) is 4.24. The second kappa shape index (κ2) is 13.6. The van der Waals surface area contributed by atoms with E-state index >= 15 is 0 Å². The number of carbonyl (C=O) groups excluding carboxylic acids is 3. The van der Waals surface area contributed by atoms with Crippen molar-refractivity contribution in [1.29, 1.82) is 0 Å². The highest BCUT2D eigenvalue weighted by molar-refractivity contribution is 7.99. The van der Waals surface area contributed by atoms with Crippen LogP contribution in [0.1, 0.15) is 22.6 Å². The van der Waals surface area contributed by atoms with Crippen molar-refractivity contribution >= 4 is 46.6 Å². The SMILES string of the molecule is CCOC(=O)CO[C@H]1C(=O)N(CCN(C)C(=O)Cc2cccs2)c2ccccc2S[C@H]1c1ccc(OC)cc1. The van der Waals surface area contributed by atoms with E-state index in [-0.39, 0.29) is 31.6 Å². The third-order valence-electron chi connectivity index (χ3n) is 6.32. The molecule has 0 saturated carbocycles. The molecule has 1 aliphatic heterocycles. The topological polar surface area (TPSA) is 85.4 Å². The summed E-state index contributed by atoms with van der Waals surface area (Å²) < 4.78 is 16.4. The van der Waals surface area contributed by atoms with Crippen molar-refractivity contribution in [2.24, 2.45) is 0 Å². The number of fused-ring (bicyclic) bond motifs is 1. The maximum atomic E-state index is 14.1. The number of thioether (sulfide) groups is 1. The first-order chi connectivity index (χ1) is 18.9. The molecule has 8 nitrogen and oxygen atoms in total. The molecule has 2 atom stereocenters. The zero-order chi connectivity index (χ0) is 27.8. The minimum atomic E-state index is -0.965. The smallest absolute Gasteiger partial charge is 0.332 e. The molecule has 10 heteroatoms. The van der Waals surface area contributed by atoms with Crippen LogP contribution in [-0.2, 0) is 30.3 Å². The number of para-hydroxylation sites is 1. The molecule has 3 aromatic rings. The Morgan fingerprint density at radius 2 is 1.82 bits per heavy atom. The minimum Gasteiger partial charge on any atom is -0.497 e. The number of hydrogen-bond acceptors (Lipinski definition) is 8. The molecular formula is C29H32N2O6S2. The Labute approximate surface area is 236 Å². The van der Waals surface area contributed by atoms with E-state index in [9.17, 15) is 14.4 Å². The summed E-state index contributed by atoms with van der Waals surface area (Å²) in [5.74, 6) is -0.133. The predicted octanol–water partition coefficient (Wildman–Crippen LogP) is 4.59. The largest absolute Gasteiger partial charge is 0.497 e. The Hall–Kier alpha value is -3.34. The van der Waals surface area contributed by atoms with Gasteiger partial charge in [-0.1, -0.05) is 30.3 Å². The van der Waals surface area contributed by atoms with E-state index in [2.05, 4.69) is 0 Å². The van der Waals surface area contributed by atoms with Crippen molar-refractivity contribution in [3.05, 3.63) is 76.5 Å². The van der Waals surface area contributed by atoms with Crippen molar-refractivity contribution in [3.63, 3.8) is 0 Å². The van der Waals surface area contributed by atoms with Crippen LogP contribution in [0.5, 0.6) is 5.75 Å². The summed E-state index contributed by atoms with van der Waals surface area (Å²) in [6.45, 7) is 2.21. The fourth-order valence-corrected chi connectivity index (χ4v) is 6.28. The molecule has 2 heterocycles. The number of anilines is 1. The van der Waals surface area contributed by atoms with E-state index in [1.54, 1.807) is 42.2 Å².